The number of amides is 1. The zero-order valence-electron chi connectivity index (χ0n) is 8.90. The van der Waals surface area contributed by atoms with Gasteiger partial charge in [-0.15, -0.1) is 0 Å². The second-order valence-electron chi connectivity index (χ2n) is 4.05. The highest BCUT2D eigenvalue weighted by Crippen LogP contribution is 2.09. The van der Waals surface area contributed by atoms with Crippen LogP contribution >= 0.6 is 0 Å². The summed E-state index contributed by atoms with van der Waals surface area (Å²) in [6.45, 7) is 2.04. The van der Waals surface area contributed by atoms with Crippen molar-refractivity contribution in [2.24, 2.45) is 0 Å². The molecule has 2 rings (SSSR count). The number of carbonyl (C=O) groups is 1. The standard InChI is InChI=1S/C11H16N2O2/c1-13-6-2-4-9(8-13)12-11(14)10-5-3-7-15-10/h3,5,7,9H,2,4,6,8H2,1H3,(H,12,14). The van der Waals surface area contributed by atoms with Crippen LogP contribution in [0.2, 0.25) is 0 Å². The molecular weight excluding hydrogens is 192 g/mol. The number of likely N-dealkylation sites (tertiary alicyclic amines) is 1. The van der Waals surface area contributed by atoms with Crippen molar-refractivity contribution in [2.45, 2.75) is 18.9 Å². The molecule has 15 heavy (non-hydrogen) atoms. The van der Waals surface area contributed by atoms with Gasteiger partial charge < -0.3 is 14.6 Å². The van der Waals surface area contributed by atoms with Crippen molar-refractivity contribution in [3.63, 3.8) is 0 Å². The third-order valence-electron chi connectivity index (χ3n) is 2.70. The molecule has 0 bridgehead atoms. The summed E-state index contributed by atoms with van der Waals surface area (Å²) >= 11 is 0. The summed E-state index contributed by atoms with van der Waals surface area (Å²) in [4.78, 5) is 13.9. The lowest BCUT2D eigenvalue weighted by Crippen LogP contribution is -2.46. The van der Waals surface area contributed by atoms with E-state index in [9.17, 15) is 4.79 Å². The SMILES string of the molecule is CN1CCCC(NC(=O)c2ccco2)C1. The minimum absolute atomic E-state index is 0.111. The van der Waals surface area contributed by atoms with E-state index < -0.39 is 0 Å². The molecule has 0 spiro atoms. The fourth-order valence-corrected chi connectivity index (χ4v) is 1.95. The summed E-state index contributed by atoms with van der Waals surface area (Å²) in [5.74, 6) is 0.281. The monoisotopic (exact) mass is 208 g/mol. The number of nitrogens with zero attached hydrogens (tertiary/aromatic N) is 1. The van der Waals surface area contributed by atoms with Crippen LogP contribution in [-0.2, 0) is 0 Å². The van der Waals surface area contributed by atoms with E-state index in [0.29, 0.717) is 5.76 Å². The summed E-state index contributed by atoms with van der Waals surface area (Å²) in [6.07, 6.45) is 3.71. The number of piperidine rings is 1. The molecule has 1 aliphatic heterocycles. The van der Waals surface area contributed by atoms with Gasteiger partial charge in [0.25, 0.3) is 5.91 Å². The number of nitrogens with one attached hydrogen (secondary N) is 1. The lowest BCUT2D eigenvalue weighted by molar-refractivity contribution is 0.0884. The number of hydrogen-bond acceptors (Lipinski definition) is 3. The van der Waals surface area contributed by atoms with E-state index in [1.165, 1.54) is 6.26 Å². The van der Waals surface area contributed by atoms with Crippen molar-refractivity contribution in [1.82, 2.24) is 10.2 Å². The lowest BCUT2D eigenvalue weighted by Gasteiger charge is -2.29. The van der Waals surface area contributed by atoms with Gasteiger partial charge in [0.05, 0.1) is 6.26 Å². The molecule has 1 fully saturated rings. The van der Waals surface area contributed by atoms with Crippen LogP contribution in [0.3, 0.4) is 0 Å². The Kier molecular flexibility index (Phi) is 3.06. The Labute approximate surface area is 89.2 Å². The predicted octanol–water partition coefficient (Wildman–Crippen LogP) is 1.10. The molecule has 0 aromatic carbocycles. The molecule has 82 valence electrons. The molecular formula is C11H16N2O2. The first kappa shape index (κ1) is 10.2. The largest absolute Gasteiger partial charge is 0.459 e. The topological polar surface area (TPSA) is 45.5 Å². The highest BCUT2D eigenvalue weighted by atomic mass is 16.3. The smallest absolute Gasteiger partial charge is 0.287 e. The summed E-state index contributed by atoms with van der Waals surface area (Å²) in [5.41, 5.74) is 0. The van der Waals surface area contributed by atoms with E-state index >= 15 is 0 Å². The second-order valence-corrected chi connectivity index (χ2v) is 4.05. The molecule has 1 saturated heterocycles. The average molecular weight is 208 g/mol. The Balaban J connectivity index is 1.89. The number of carbonyl (C=O) groups excluding carboxylic acids is 1. The van der Waals surface area contributed by atoms with Crippen molar-refractivity contribution < 1.29 is 9.21 Å². The van der Waals surface area contributed by atoms with Gasteiger partial charge in [-0.1, -0.05) is 0 Å². The van der Waals surface area contributed by atoms with Crippen molar-refractivity contribution in [1.29, 1.82) is 0 Å². The molecule has 0 radical (unpaired) electrons. The summed E-state index contributed by atoms with van der Waals surface area (Å²) < 4.78 is 5.04. The molecule has 1 amide bonds. The maximum absolute atomic E-state index is 11.7. The maximum Gasteiger partial charge on any atom is 0.287 e. The van der Waals surface area contributed by atoms with Crippen LogP contribution in [-0.4, -0.2) is 37.0 Å². The number of furan rings is 1. The summed E-state index contributed by atoms with van der Waals surface area (Å²) in [6, 6.07) is 3.66. The highest BCUT2D eigenvalue weighted by Gasteiger charge is 2.20. The first-order valence-electron chi connectivity index (χ1n) is 5.28. The summed E-state index contributed by atoms with van der Waals surface area (Å²) in [5, 5.41) is 2.98. The van der Waals surface area contributed by atoms with E-state index in [1.807, 2.05) is 0 Å². The van der Waals surface area contributed by atoms with E-state index in [0.717, 1.165) is 25.9 Å². The number of likely N-dealkylation sites (N-methyl/N-ethyl adjacent to an activating group) is 1. The van der Waals surface area contributed by atoms with Crippen LogP contribution in [0.15, 0.2) is 22.8 Å². The van der Waals surface area contributed by atoms with E-state index in [1.54, 1.807) is 12.1 Å². The quantitative estimate of drug-likeness (QED) is 0.791. The zero-order valence-corrected chi connectivity index (χ0v) is 8.90. The fourth-order valence-electron chi connectivity index (χ4n) is 1.95. The minimum atomic E-state index is -0.111. The molecule has 1 N–H and O–H groups in total. The third-order valence-corrected chi connectivity index (χ3v) is 2.70. The Morgan fingerprint density at radius 1 is 1.67 bits per heavy atom. The van der Waals surface area contributed by atoms with Gasteiger partial charge in [0.15, 0.2) is 5.76 Å². The first-order valence-corrected chi connectivity index (χ1v) is 5.28. The van der Waals surface area contributed by atoms with E-state index in [4.69, 9.17) is 4.42 Å². The third kappa shape index (κ3) is 2.59. The predicted molar refractivity (Wildman–Crippen MR) is 56.7 cm³/mol. The van der Waals surface area contributed by atoms with Gasteiger partial charge in [0.2, 0.25) is 0 Å². The van der Waals surface area contributed by atoms with Crippen molar-refractivity contribution in [3.8, 4) is 0 Å². The molecule has 1 atom stereocenters. The van der Waals surface area contributed by atoms with Crippen LogP contribution in [0, 0.1) is 0 Å². The zero-order chi connectivity index (χ0) is 10.7. The Morgan fingerprint density at radius 3 is 3.20 bits per heavy atom. The first-order chi connectivity index (χ1) is 7.25. The van der Waals surface area contributed by atoms with Gasteiger partial charge in [0.1, 0.15) is 0 Å². The molecule has 2 heterocycles. The maximum atomic E-state index is 11.7. The van der Waals surface area contributed by atoms with Gasteiger partial charge >= 0.3 is 0 Å². The lowest BCUT2D eigenvalue weighted by atomic mass is 10.1. The molecule has 0 aliphatic carbocycles. The Hall–Kier alpha value is -1.29. The second kappa shape index (κ2) is 4.49. The van der Waals surface area contributed by atoms with Crippen molar-refractivity contribution in [2.75, 3.05) is 20.1 Å². The van der Waals surface area contributed by atoms with Crippen LogP contribution in [0.4, 0.5) is 0 Å². The van der Waals surface area contributed by atoms with Crippen molar-refractivity contribution in [3.05, 3.63) is 24.2 Å². The van der Waals surface area contributed by atoms with E-state index in [-0.39, 0.29) is 11.9 Å². The summed E-state index contributed by atoms with van der Waals surface area (Å²) in [7, 11) is 2.07. The molecule has 1 aromatic rings. The van der Waals surface area contributed by atoms with Crippen LogP contribution in [0.1, 0.15) is 23.4 Å². The van der Waals surface area contributed by atoms with E-state index in [2.05, 4.69) is 17.3 Å². The molecule has 4 heteroatoms. The molecule has 4 nitrogen and oxygen atoms in total. The molecule has 1 aliphatic rings. The Morgan fingerprint density at radius 2 is 2.53 bits per heavy atom. The molecule has 1 unspecified atom stereocenters. The minimum Gasteiger partial charge on any atom is -0.459 e. The van der Waals surface area contributed by atoms with Crippen LogP contribution < -0.4 is 5.32 Å². The van der Waals surface area contributed by atoms with Crippen LogP contribution in [0.5, 0.6) is 0 Å². The van der Waals surface area contributed by atoms with Gasteiger partial charge in [-0.2, -0.15) is 0 Å². The van der Waals surface area contributed by atoms with Gasteiger partial charge in [-0.25, -0.2) is 0 Å². The normalized spacial score (nSPS) is 22.6. The fraction of sp³-hybridized carbons (Fsp3) is 0.545. The average Bonchev–Trinajstić information content (AvgIpc) is 2.70. The van der Waals surface area contributed by atoms with Gasteiger partial charge in [-0.05, 0) is 38.6 Å². The number of hydrogen-bond donors (Lipinski definition) is 1. The van der Waals surface area contributed by atoms with Gasteiger partial charge in [0, 0.05) is 12.6 Å². The molecule has 0 saturated carbocycles. The van der Waals surface area contributed by atoms with Gasteiger partial charge in [-0.3, -0.25) is 4.79 Å². The Bertz CT molecular complexity index is 321. The molecule has 1 aromatic heterocycles. The van der Waals surface area contributed by atoms with Crippen molar-refractivity contribution >= 4 is 5.91 Å². The van der Waals surface area contributed by atoms with Crippen LogP contribution in [0.25, 0.3) is 0 Å². The number of rotatable bonds is 2. The highest BCUT2D eigenvalue weighted by molar-refractivity contribution is 5.91.